The third-order valence-electron chi connectivity index (χ3n) is 6.74. The lowest BCUT2D eigenvalue weighted by molar-refractivity contribution is -0.0670. The van der Waals surface area contributed by atoms with Crippen LogP contribution in [0.2, 0.25) is 0 Å². The number of rotatable bonds is 5. The van der Waals surface area contributed by atoms with Crippen molar-refractivity contribution in [1.82, 2.24) is 19.9 Å². The molecule has 1 aromatic heterocycles. The molecule has 3 heterocycles. The number of aryl methyl sites for hydroxylation is 1. The minimum atomic E-state index is -0.296. The molecule has 2 bridgehead atoms. The number of carbonyl (C=O) groups is 1. The molecular formula is C24H25FN4O2. The van der Waals surface area contributed by atoms with E-state index in [-0.39, 0.29) is 23.8 Å². The van der Waals surface area contributed by atoms with Gasteiger partial charge < -0.3 is 9.64 Å². The van der Waals surface area contributed by atoms with Gasteiger partial charge in [0.05, 0.1) is 29.7 Å². The molecule has 2 atom stereocenters. The van der Waals surface area contributed by atoms with Crippen molar-refractivity contribution in [2.45, 2.75) is 38.8 Å². The van der Waals surface area contributed by atoms with E-state index in [2.05, 4.69) is 17.1 Å². The smallest absolute Gasteiger partial charge is 0.256 e. The number of ether oxygens (including phenoxy) is 1. The molecule has 0 unspecified atom stereocenters. The van der Waals surface area contributed by atoms with Gasteiger partial charge in [-0.1, -0.05) is 18.6 Å². The van der Waals surface area contributed by atoms with Gasteiger partial charge in [-0.3, -0.25) is 4.79 Å². The number of benzene rings is 2. The molecule has 2 aliphatic heterocycles. The number of carbonyl (C=O) groups excluding carboxylic acids is 1. The van der Waals surface area contributed by atoms with Crippen LogP contribution < -0.4 is 4.74 Å². The van der Waals surface area contributed by atoms with Gasteiger partial charge in [0.25, 0.3) is 5.91 Å². The van der Waals surface area contributed by atoms with Crippen molar-refractivity contribution in [1.29, 1.82) is 0 Å². The van der Waals surface area contributed by atoms with Crippen molar-refractivity contribution in [3.63, 3.8) is 0 Å². The highest BCUT2D eigenvalue weighted by atomic mass is 19.1. The Morgan fingerprint density at radius 1 is 1.13 bits per heavy atom. The van der Waals surface area contributed by atoms with Gasteiger partial charge in [-0.15, -0.1) is 0 Å². The second-order valence-corrected chi connectivity index (χ2v) is 8.63. The largest absolute Gasteiger partial charge is 0.491 e. The Labute approximate surface area is 180 Å². The molecule has 31 heavy (non-hydrogen) atoms. The molecular weight excluding hydrogens is 395 g/mol. The topological polar surface area (TPSA) is 60.2 Å². The fourth-order valence-electron chi connectivity index (χ4n) is 4.86. The molecule has 2 saturated heterocycles. The van der Waals surface area contributed by atoms with Crippen LogP contribution in [0.25, 0.3) is 5.69 Å². The van der Waals surface area contributed by atoms with E-state index in [0.29, 0.717) is 35.4 Å². The summed E-state index contributed by atoms with van der Waals surface area (Å²) in [4.78, 5) is 17.4. The second-order valence-electron chi connectivity index (χ2n) is 8.63. The maximum Gasteiger partial charge on any atom is 0.256 e. The van der Waals surface area contributed by atoms with Gasteiger partial charge >= 0.3 is 0 Å². The molecule has 0 radical (unpaired) electrons. The minimum Gasteiger partial charge on any atom is -0.491 e. The summed E-state index contributed by atoms with van der Waals surface area (Å²) in [6.45, 7) is 4.56. The first-order valence-corrected chi connectivity index (χ1v) is 10.7. The molecule has 0 N–H and O–H groups in total. The summed E-state index contributed by atoms with van der Waals surface area (Å²) in [6.07, 6.45) is 5.27. The number of nitrogens with zero attached hydrogens (tertiary/aromatic N) is 4. The average molecular weight is 420 g/mol. The molecule has 7 heteroatoms. The lowest BCUT2D eigenvalue weighted by Gasteiger charge is -2.57. The molecule has 160 valence electrons. The van der Waals surface area contributed by atoms with Gasteiger partial charge in [0.15, 0.2) is 0 Å². The van der Waals surface area contributed by atoms with Gasteiger partial charge in [0, 0.05) is 6.04 Å². The zero-order chi connectivity index (χ0) is 21.5. The predicted molar refractivity (Wildman–Crippen MR) is 114 cm³/mol. The third kappa shape index (κ3) is 3.58. The van der Waals surface area contributed by atoms with E-state index in [0.717, 1.165) is 18.4 Å². The lowest BCUT2D eigenvalue weighted by Crippen LogP contribution is -2.64. The van der Waals surface area contributed by atoms with Crippen LogP contribution in [0, 0.1) is 24.6 Å². The van der Waals surface area contributed by atoms with Gasteiger partial charge in [-0.2, -0.15) is 15.0 Å². The maximum atomic E-state index is 13.9. The number of fused-ring (bicyclic) bond motifs is 2. The van der Waals surface area contributed by atoms with E-state index >= 15 is 0 Å². The van der Waals surface area contributed by atoms with Gasteiger partial charge in [-0.05, 0) is 68.0 Å². The van der Waals surface area contributed by atoms with E-state index < -0.39 is 0 Å². The van der Waals surface area contributed by atoms with E-state index in [4.69, 9.17) is 4.74 Å². The van der Waals surface area contributed by atoms with Gasteiger partial charge in [0.2, 0.25) is 0 Å². The first-order valence-electron chi connectivity index (χ1n) is 10.7. The van der Waals surface area contributed by atoms with Crippen molar-refractivity contribution in [3.05, 3.63) is 71.8 Å². The number of hydrogen-bond acceptors (Lipinski definition) is 4. The van der Waals surface area contributed by atoms with E-state index in [9.17, 15) is 9.18 Å². The Hall–Kier alpha value is -3.22. The van der Waals surface area contributed by atoms with Gasteiger partial charge in [-0.25, -0.2) is 4.39 Å². The fourth-order valence-corrected chi connectivity index (χ4v) is 4.86. The monoisotopic (exact) mass is 420 g/mol. The number of piperidine rings is 2. The molecule has 6 nitrogen and oxygen atoms in total. The van der Waals surface area contributed by atoms with Crippen LogP contribution in [0.1, 0.15) is 35.7 Å². The van der Waals surface area contributed by atoms with E-state index in [1.807, 2.05) is 30.0 Å². The summed E-state index contributed by atoms with van der Waals surface area (Å²) in [6, 6.07) is 12.0. The number of amides is 1. The number of hydrogen-bond donors (Lipinski definition) is 0. The second kappa shape index (κ2) is 7.80. The van der Waals surface area contributed by atoms with Crippen LogP contribution in [0.5, 0.6) is 5.75 Å². The Bertz CT molecular complexity index is 1080. The first-order chi connectivity index (χ1) is 15.0. The highest BCUT2D eigenvalue weighted by Gasteiger charge is 2.51. The van der Waals surface area contributed by atoms with Crippen molar-refractivity contribution in [3.8, 4) is 11.4 Å². The van der Waals surface area contributed by atoms with Crippen LogP contribution in [0.4, 0.5) is 4.39 Å². The van der Waals surface area contributed by atoms with Crippen molar-refractivity contribution in [2.24, 2.45) is 11.8 Å². The Kier molecular flexibility index (Phi) is 4.96. The normalized spacial score (nSPS) is 24.5. The average Bonchev–Trinajstić information content (AvgIpc) is 3.27. The maximum absolute atomic E-state index is 13.9. The first kappa shape index (κ1) is 19.7. The Morgan fingerprint density at radius 2 is 1.84 bits per heavy atom. The van der Waals surface area contributed by atoms with E-state index in [1.165, 1.54) is 16.9 Å². The molecule has 0 spiro atoms. The van der Waals surface area contributed by atoms with Crippen LogP contribution >= 0.6 is 0 Å². The Balaban J connectivity index is 1.45. The molecule has 6 rings (SSSR count). The zero-order valence-electron chi connectivity index (χ0n) is 17.6. The minimum absolute atomic E-state index is 0.0151. The lowest BCUT2D eigenvalue weighted by atomic mass is 9.64. The van der Waals surface area contributed by atoms with Crippen LogP contribution in [-0.4, -0.2) is 44.5 Å². The SMILES string of the molecule is Cc1ccc(-n2nccn2)c(C(=O)N2C3CC(C3)[C@@H](C)[C@H]2COc2ccc(F)cc2)c1. The number of halogens is 1. The molecule has 3 aromatic rings. The van der Waals surface area contributed by atoms with Crippen LogP contribution in [0.15, 0.2) is 54.9 Å². The molecule has 3 fully saturated rings. The summed E-state index contributed by atoms with van der Waals surface area (Å²) >= 11 is 0. The summed E-state index contributed by atoms with van der Waals surface area (Å²) in [5, 5.41) is 8.46. The summed E-state index contributed by atoms with van der Waals surface area (Å²) < 4.78 is 19.2. The molecule has 3 aliphatic rings. The third-order valence-corrected chi connectivity index (χ3v) is 6.74. The summed E-state index contributed by atoms with van der Waals surface area (Å²) in [5.74, 6) is 1.23. The van der Waals surface area contributed by atoms with Crippen molar-refractivity contribution < 1.29 is 13.9 Å². The van der Waals surface area contributed by atoms with Crippen LogP contribution in [0.3, 0.4) is 0 Å². The Morgan fingerprint density at radius 3 is 2.55 bits per heavy atom. The molecule has 1 saturated carbocycles. The zero-order valence-corrected chi connectivity index (χ0v) is 17.6. The van der Waals surface area contributed by atoms with E-state index in [1.54, 1.807) is 24.5 Å². The summed E-state index contributed by atoms with van der Waals surface area (Å²) in [7, 11) is 0. The van der Waals surface area contributed by atoms with Crippen molar-refractivity contribution >= 4 is 5.91 Å². The highest BCUT2D eigenvalue weighted by Crippen LogP contribution is 2.47. The predicted octanol–water partition coefficient (Wildman–Crippen LogP) is 4.03. The highest BCUT2D eigenvalue weighted by molar-refractivity contribution is 5.98. The number of aromatic nitrogens is 3. The molecule has 1 aliphatic carbocycles. The van der Waals surface area contributed by atoms with Gasteiger partial charge in [0.1, 0.15) is 18.2 Å². The van der Waals surface area contributed by atoms with Crippen molar-refractivity contribution in [2.75, 3.05) is 6.61 Å². The summed E-state index contributed by atoms with van der Waals surface area (Å²) in [5.41, 5.74) is 2.28. The quantitative estimate of drug-likeness (QED) is 0.625. The van der Waals surface area contributed by atoms with Crippen LogP contribution in [-0.2, 0) is 0 Å². The standard InChI is InChI=1S/C24H25FN4O2/c1-15-3-8-22(29-26-9-10-27-29)21(11-15)24(30)28-19-12-17(13-19)16(2)23(28)14-31-20-6-4-18(25)5-7-20/h3-11,16-17,19,23H,12-14H2,1-2H3/t16-,17?,19?,23-/m1/s1. The molecule has 2 aromatic carbocycles. The fraction of sp³-hybridized carbons (Fsp3) is 0.375. The molecule has 1 amide bonds.